The zero-order valence-corrected chi connectivity index (χ0v) is 9.88. The summed E-state index contributed by atoms with van der Waals surface area (Å²) in [7, 11) is 0. The Balaban J connectivity index is 3.05. The predicted molar refractivity (Wildman–Crippen MR) is 61.3 cm³/mol. The summed E-state index contributed by atoms with van der Waals surface area (Å²) in [4.78, 5) is 11.3. The molecular weight excluding hydrogens is 260 g/mol. The van der Waals surface area contributed by atoms with Gasteiger partial charge in [0.05, 0.1) is 5.39 Å². The quantitative estimate of drug-likeness (QED) is 0.748. The Bertz CT molecular complexity index is 599. The Labute approximate surface area is 94.5 Å². The Morgan fingerprint density at radius 3 is 2.67 bits per heavy atom. The van der Waals surface area contributed by atoms with Gasteiger partial charge in [-0.2, -0.15) is 0 Å². The summed E-state index contributed by atoms with van der Waals surface area (Å²) < 4.78 is 5.17. The minimum atomic E-state index is -0.563. The highest BCUT2D eigenvalue weighted by Crippen LogP contribution is 2.31. The molecular formula is C11H9BrO3. The number of aromatic hydroxyl groups is 1. The molecule has 3 nitrogen and oxygen atoms in total. The molecule has 1 aromatic heterocycles. The van der Waals surface area contributed by atoms with E-state index < -0.39 is 5.63 Å². The molecule has 2 aromatic rings. The van der Waals surface area contributed by atoms with Crippen LogP contribution >= 0.6 is 15.9 Å². The van der Waals surface area contributed by atoms with Crippen molar-refractivity contribution in [2.45, 2.75) is 13.8 Å². The van der Waals surface area contributed by atoms with Gasteiger partial charge in [-0.3, -0.25) is 0 Å². The molecule has 0 saturated heterocycles. The molecule has 0 aliphatic heterocycles. The van der Waals surface area contributed by atoms with Crippen molar-refractivity contribution in [3.8, 4) is 5.75 Å². The number of halogens is 1. The lowest BCUT2D eigenvalue weighted by molar-refractivity contribution is 0.462. The fraction of sp³-hybridized carbons (Fsp3) is 0.182. The van der Waals surface area contributed by atoms with Crippen LogP contribution in [-0.2, 0) is 0 Å². The van der Waals surface area contributed by atoms with Crippen LogP contribution in [0, 0.1) is 13.8 Å². The highest BCUT2D eigenvalue weighted by atomic mass is 79.9. The SMILES string of the molecule is Cc1cc(C)c2oc(=O)c(Br)c(O)c2c1. The minimum Gasteiger partial charge on any atom is -0.506 e. The van der Waals surface area contributed by atoms with Crippen LogP contribution in [0.4, 0.5) is 0 Å². The summed E-state index contributed by atoms with van der Waals surface area (Å²) in [6.07, 6.45) is 0. The Hall–Kier alpha value is -1.29. The molecule has 0 amide bonds. The second-order valence-corrected chi connectivity index (χ2v) is 4.30. The second kappa shape index (κ2) is 3.38. The van der Waals surface area contributed by atoms with E-state index in [0.29, 0.717) is 11.0 Å². The van der Waals surface area contributed by atoms with Crippen molar-refractivity contribution in [2.24, 2.45) is 0 Å². The largest absolute Gasteiger partial charge is 0.506 e. The predicted octanol–water partition coefficient (Wildman–Crippen LogP) is 2.88. The van der Waals surface area contributed by atoms with Gasteiger partial charge in [0.2, 0.25) is 0 Å². The maximum Gasteiger partial charge on any atom is 0.354 e. The van der Waals surface area contributed by atoms with Crippen LogP contribution in [-0.4, -0.2) is 5.11 Å². The van der Waals surface area contributed by atoms with Gasteiger partial charge in [-0.1, -0.05) is 6.07 Å². The van der Waals surface area contributed by atoms with Crippen LogP contribution < -0.4 is 5.63 Å². The van der Waals surface area contributed by atoms with Crippen LogP contribution in [0.5, 0.6) is 5.75 Å². The van der Waals surface area contributed by atoms with E-state index in [1.54, 1.807) is 6.07 Å². The number of rotatable bonds is 0. The molecule has 15 heavy (non-hydrogen) atoms. The first-order valence-electron chi connectivity index (χ1n) is 4.43. The van der Waals surface area contributed by atoms with Crippen molar-refractivity contribution < 1.29 is 9.52 Å². The molecule has 1 N–H and O–H groups in total. The fourth-order valence-electron chi connectivity index (χ4n) is 1.62. The molecule has 0 atom stereocenters. The summed E-state index contributed by atoms with van der Waals surface area (Å²) in [5.41, 5.74) is 1.72. The average molecular weight is 269 g/mol. The Morgan fingerprint density at radius 1 is 1.33 bits per heavy atom. The lowest BCUT2D eigenvalue weighted by atomic mass is 10.1. The summed E-state index contributed by atoms with van der Waals surface area (Å²) in [5.74, 6) is -0.0620. The molecule has 0 unspecified atom stereocenters. The topological polar surface area (TPSA) is 50.4 Å². The molecule has 0 saturated carbocycles. The van der Waals surface area contributed by atoms with E-state index in [4.69, 9.17) is 4.42 Å². The van der Waals surface area contributed by atoms with Crippen LogP contribution in [0.3, 0.4) is 0 Å². The summed E-state index contributed by atoms with van der Waals surface area (Å²) in [5, 5.41) is 10.3. The summed E-state index contributed by atoms with van der Waals surface area (Å²) in [6, 6.07) is 3.68. The maximum atomic E-state index is 11.3. The average Bonchev–Trinajstić information content (AvgIpc) is 2.17. The third kappa shape index (κ3) is 1.55. The van der Waals surface area contributed by atoms with Crippen molar-refractivity contribution in [1.82, 2.24) is 0 Å². The molecule has 0 bridgehead atoms. The first-order valence-corrected chi connectivity index (χ1v) is 5.22. The number of aryl methyl sites for hydroxylation is 2. The molecule has 1 heterocycles. The molecule has 0 radical (unpaired) electrons. The van der Waals surface area contributed by atoms with Gasteiger partial charge in [-0.25, -0.2) is 4.79 Å². The van der Waals surface area contributed by atoms with Crippen molar-refractivity contribution in [3.63, 3.8) is 0 Å². The van der Waals surface area contributed by atoms with Gasteiger partial charge >= 0.3 is 5.63 Å². The molecule has 78 valence electrons. The number of fused-ring (bicyclic) bond motifs is 1. The molecule has 0 spiro atoms. The van der Waals surface area contributed by atoms with Gasteiger partial charge in [0.15, 0.2) is 0 Å². The van der Waals surface area contributed by atoms with Gasteiger partial charge in [-0.05, 0) is 47.0 Å². The van der Waals surface area contributed by atoms with Crippen LogP contribution in [0.1, 0.15) is 11.1 Å². The number of benzene rings is 1. The van der Waals surface area contributed by atoms with E-state index in [1.165, 1.54) is 0 Å². The summed E-state index contributed by atoms with van der Waals surface area (Å²) in [6.45, 7) is 3.76. The molecule has 4 heteroatoms. The van der Waals surface area contributed by atoms with Crippen molar-refractivity contribution in [3.05, 3.63) is 38.2 Å². The van der Waals surface area contributed by atoms with Gasteiger partial charge in [0, 0.05) is 0 Å². The first-order chi connectivity index (χ1) is 7.00. The standard InChI is InChI=1S/C11H9BrO3/c1-5-3-6(2)10-7(4-5)9(13)8(12)11(14)15-10/h3-4,13H,1-2H3. The molecule has 0 aliphatic rings. The van der Waals surface area contributed by atoms with E-state index in [9.17, 15) is 9.90 Å². The zero-order valence-electron chi connectivity index (χ0n) is 8.30. The van der Waals surface area contributed by atoms with Gasteiger partial charge in [0.1, 0.15) is 15.8 Å². The lowest BCUT2D eigenvalue weighted by Gasteiger charge is -2.05. The van der Waals surface area contributed by atoms with E-state index in [-0.39, 0.29) is 10.2 Å². The minimum absolute atomic E-state index is 0.0620. The van der Waals surface area contributed by atoms with Crippen LogP contribution in [0.15, 0.2) is 25.8 Å². The van der Waals surface area contributed by atoms with Crippen molar-refractivity contribution >= 4 is 26.9 Å². The zero-order chi connectivity index (χ0) is 11.2. The smallest absolute Gasteiger partial charge is 0.354 e. The third-order valence-corrected chi connectivity index (χ3v) is 2.96. The van der Waals surface area contributed by atoms with Crippen molar-refractivity contribution in [2.75, 3.05) is 0 Å². The highest BCUT2D eigenvalue weighted by molar-refractivity contribution is 9.10. The third-order valence-electron chi connectivity index (χ3n) is 2.26. The Morgan fingerprint density at radius 2 is 2.00 bits per heavy atom. The van der Waals surface area contributed by atoms with E-state index >= 15 is 0 Å². The van der Waals surface area contributed by atoms with E-state index in [1.807, 2.05) is 19.9 Å². The highest BCUT2D eigenvalue weighted by Gasteiger charge is 2.12. The second-order valence-electron chi connectivity index (χ2n) is 3.51. The van der Waals surface area contributed by atoms with Crippen LogP contribution in [0.2, 0.25) is 0 Å². The van der Waals surface area contributed by atoms with E-state index in [2.05, 4.69) is 15.9 Å². The molecule has 2 rings (SSSR count). The molecule has 0 fully saturated rings. The molecule has 1 aromatic carbocycles. The maximum absolute atomic E-state index is 11.3. The van der Waals surface area contributed by atoms with Crippen molar-refractivity contribution in [1.29, 1.82) is 0 Å². The fourth-order valence-corrected chi connectivity index (χ4v) is 1.91. The number of hydrogen-bond donors (Lipinski definition) is 1. The van der Waals surface area contributed by atoms with Crippen LogP contribution in [0.25, 0.3) is 11.0 Å². The van der Waals surface area contributed by atoms with Gasteiger partial charge < -0.3 is 9.52 Å². The van der Waals surface area contributed by atoms with E-state index in [0.717, 1.165) is 11.1 Å². The first kappa shape index (κ1) is 10.2. The normalized spacial score (nSPS) is 10.9. The monoisotopic (exact) mass is 268 g/mol. The van der Waals surface area contributed by atoms with Gasteiger partial charge in [-0.15, -0.1) is 0 Å². The van der Waals surface area contributed by atoms with Gasteiger partial charge in [0.25, 0.3) is 0 Å². The summed E-state index contributed by atoms with van der Waals surface area (Å²) >= 11 is 2.99. The molecule has 0 aliphatic carbocycles. The Kier molecular flexibility index (Phi) is 2.31. The number of hydrogen-bond acceptors (Lipinski definition) is 3. The lowest BCUT2D eigenvalue weighted by Crippen LogP contribution is -2.00.